The van der Waals surface area contributed by atoms with Crippen LogP contribution in [0.4, 0.5) is 5.69 Å². The molecule has 110 valence electrons. The zero-order valence-corrected chi connectivity index (χ0v) is 13.3. The maximum atomic E-state index is 12.1. The second kappa shape index (κ2) is 4.69. The Labute approximate surface area is 122 Å². The van der Waals surface area contributed by atoms with Gasteiger partial charge in [-0.15, -0.1) is 0 Å². The quantitative estimate of drug-likeness (QED) is 0.801. The Balaban J connectivity index is 2.80. The van der Waals surface area contributed by atoms with Gasteiger partial charge in [-0.2, -0.15) is 0 Å². The lowest BCUT2D eigenvalue weighted by atomic mass is 10.3. The summed E-state index contributed by atoms with van der Waals surface area (Å²) >= 11 is 5.93. The predicted molar refractivity (Wildman–Crippen MR) is 75.4 cm³/mol. The molecule has 1 heterocycles. The van der Waals surface area contributed by atoms with Gasteiger partial charge in [0.15, 0.2) is 0 Å². The van der Waals surface area contributed by atoms with Gasteiger partial charge in [0, 0.05) is 21.1 Å². The third kappa shape index (κ3) is 2.20. The van der Waals surface area contributed by atoms with E-state index in [0.29, 0.717) is 0 Å². The molecule has 0 unspecified atom stereocenters. The largest absolute Gasteiger partial charge is 0.266 e. The van der Waals surface area contributed by atoms with Crippen LogP contribution in [-0.2, 0) is 20.0 Å². The summed E-state index contributed by atoms with van der Waals surface area (Å²) in [6.45, 7) is 0. The van der Waals surface area contributed by atoms with E-state index in [1.54, 1.807) is 0 Å². The van der Waals surface area contributed by atoms with Gasteiger partial charge < -0.3 is 0 Å². The van der Waals surface area contributed by atoms with E-state index in [4.69, 9.17) is 11.6 Å². The van der Waals surface area contributed by atoms with Crippen molar-refractivity contribution in [3.63, 3.8) is 0 Å². The summed E-state index contributed by atoms with van der Waals surface area (Å²) in [6, 6.07) is 2.27. The molecule has 1 aromatic rings. The molecule has 2 rings (SSSR count). The standard InChI is InChI=1S/C10H12ClN3O4S2/c1-13(2)19(15,16)9-5-10-8(4-7(9)11)12-6-14(3)20(10,17)18/h4-6H,1-3H3. The van der Waals surface area contributed by atoms with Gasteiger partial charge in [0.1, 0.15) is 16.1 Å². The highest BCUT2D eigenvalue weighted by molar-refractivity contribution is 7.90. The molecule has 0 radical (unpaired) electrons. The second-order valence-corrected chi connectivity index (χ2v) is 8.80. The molecule has 1 aliphatic heterocycles. The highest BCUT2D eigenvalue weighted by Gasteiger charge is 2.31. The summed E-state index contributed by atoms with van der Waals surface area (Å²) in [5, 5.41) is -0.0747. The van der Waals surface area contributed by atoms with Gasteiger partial charge in [-0.05, 0) is 12.1 Å². The Morgan fingerprint density at radius 2 is 1.90 bits per heavy atom. The Morgan fingerprint density at radius 1 is 1.30 bits per heavy atom. The van der Waals surface area contributed by atoms with Gasteiger partial charge in [-0.3, -0.25) is 4.31 Å². The molecular weight excluding hydrogens is 326 g/mol. The summed E-state index contributed by atoms with van der Waals surface area (Å²) in [5.41, 5.74) is 0.116. The third-order valence-electron chi connectivity index (χ3n) is 2.79. The number of fused-ring (bicyclic) bond motifs is 1. The molecule has 0 saturated carbocycles. The number of benzene rings is 1. The zero-order chi connectivity index (χ0) is 15.3. The third-order valence-corrected chi connectivity index (χ3v) is 6.80. The van der Waals surface area contributed by atoms with Crippen LogP contribution in [0.2, 0.25) is 5.02 Å². The van der Waals surface area contributed by atoms with Gasteiger partial charge in [0.2, 0.25) is 10.0 Å². The molecule has 7 nitrogen and oxygen atoms in total. The van der Waals surface area contributed by atoms with E-state index in [1.807, 2.05) is 0 Å². The minimum Gasteiger partial charge on any atom is -0.259 e. The monoisotopic (exact) mass is 337 g/mol. The van der Waals surface area contributed by atoms with Crippen LogP contribution in [0.5, 0.6) is 0 Å². The summed E-state index contributed by atoms with van der Waals surface area (Å²) in [7, 11) is -3.66. The second-order valence-electron chi connectivity index (χ2n) is 4.30. The molecule has 0 bridgehead atoms. The number of rotatable bonds is 2. The lowest BCUT2D eigenvalue weighted by molar-refractivity contribution is 0.520. The molecule has 0 aliphatic carbocycles. The van der Waals surface area contributed by atoms with E-state index in [9.17, 15) is 16.8 Å². The van der Waals surface area contributed by atoms with E-state index in [2.05, 4.69) is 4.99 Å². The fraction of sp³-hybridized carbons (Fsp3) is 0.300. The summed E-state index contributed by atoms with van der Waals surface area (Å²) in [6.07, 6.45) is 1.13. The average molecular weight is 338 g/mol. The first-order chi connectivity index (χ1) is 9.08. The van der Waals surface area contributed by atoms with E-state index in [1.165, 1.54) is 27.2 Å². The maximum Gasteiger partial charge on any atom is 0.266 e. The predicted octanol–water partition coefficient (Wildman–Crippen LogP) is 0.884. The number of sulfonamides is 2. The first-order valence-electron chi connectivity index (χ1n) is 5.37. The molecular formula is C10H12ClN3O4S2. The van der Waals surface area contributed by atoms with Crippen LogP contribution in [0.15, 0.2) is 26.9 Å². The minimum atomic E-state index is -3.84. The Hall–Kier alpha value is -1.16. The minimum absolute atomic E-state index is 0.0747. The van der Waals surface area contributed by atoms with Crippen molar-refractivity contribution in [1.82, 2.24) is 8.61 Å². The van der Waals surface area contributed by atoms with Crippen molar-refractivity contribution in [2.24, 2.45) is 4.99 Å². The average Bonchev–Trinajstić information content (AvgIpc) is 2.33. The van der Waals surface area contributed by atoms with Gasteiger partial charge >= 0.3 is 0 Å². The summed E-state index contributed by atoms with van der Waals surface area (Å²) in [5.74, 6) is 0. The van der Waals surface area contributed by atoms with Crippen LogP contribution in [0, 0.1) is 0 Å². The van der Waals surface area contributed by atoms with Crippen LogP contribution in [-0.4, -0.2) is 52.9 Å². The molecule has 0 aromatic heterocycles. The van der Waals surface area contributed by atoms with Crippen molar-refractivity contribution < 1.29 is 16.8 Å². The zero-order valence-electron chi connectivity index (χ0n) is 10.9. The van der Waals surface area contributed by atoms with Crippen molar-refractivity contribution in [2.45, 2.75) is 9.79 Å². The molecule has 1 aromatic carbocycles. The Kier molecular flexibility index (Phi) is 3.57. The van der Waals surface area contributed by atoms with Crippen LogP contribution in [0.25, 0.3) is 0 Å². The molecule has 20 heavy (non-hydrogen) atoms. The SMILES string of the molecule is CN(C)S(=O)(=O)c1cc2c(cc1Cl)N=CN(C)S2(=O)=O. The van der Waals surface area contributed by atoms with Gasteiger partial charge in [-0.25, -0.2) is 26.1 Å². The number of hydrogen-bond acceptors (Lipinski definition) is 5. The lowest BCUT2D eigenvalue weighted by Gasteiger charge is -2.21. The van der Waals surface area contributed by atoms with Gasteiger partial charge in [0.25, 0.3) is 10.0 Å². The molecule has 0 fully saturated rings. The van der Waals surface area contributed by atoms with Crippen LogP contribution >= 0.6 is 11.6 Å². The molecule has 0 amide bonds. The Morgan fingerprint density at radius 3 is 2.45 bits per heavy atom. The van der Waals surface area contributed by atoms with E-state index in [-0.39, 0.29) is 20.5 Å². The molecule has 0 saturated heterocycles. The Bertz CT molecular complexity index is 800. The van der Waals surface area contributed by atoms with E-state index >= 15 is 0 Å². The smallest absolute Gasteiger partial charge is 0.259 e. The van der Waals surface area contributed by atoms with Crippen LogP contribution in [0.1, 0.15) is 0 Å². The highest BCUT2D eigenvalue weighted by Crippen LogP contribution is 2.36. The van der Waals surface area contributed by atoms with E-state index < -0.39 is 20.0 Å². The maximum absolute atomic E-state index is 12.1. The number of halogens is 1. The lowest BCUT2D eigenvalue weighted by Crippen LogP contribution is -2.29. The van der Waals surface area contributed by atoms with Crippen molar-refractivity contribution in [3.05, 3.63) is 17.2 Å². The number of hydrogen-bond donors (Lipinski definition) is 0. The van der Waals surface area contributed by atoms with E-state index in [0.717, 1.165) is 21.0 Å². The fourth-order valence-electron chi connectivity index (χ4n) is 1.59. The topological polar surface area (TPSA) is 87.1 Å². The molecule has 10 heteroatoms. The molecule has 0 spiro atoms. The van der Waals surface area contributed by atoms with Crippen molar-refractivity contribution in [2.75, 3.05) is 21.1 Å². The number of aliphatic imine (C=N–C) groups is 1. The highest BCUT2D eigenvalue weighted by atomic mass is 35.5. The van der Waals surface area contributed by atoms with Crippen molar-refractivity contribution in [1.29, 1.82) is 0 Å². The van der Waals surface area contributed by atoms with Gasteiger partial charge in [0.05, 0.1) is 10.7 Å². The van der Waals surface area contributed by atoms with Crippen LogP contribution < -0.4 is 0 Å². The molecule has 1 aliphatic rings. The first kappa shape index (κ1) is 15.2. The first-order valence-corrected chi connectivity index (χ1v) is 8.62. The normalized spacial score (nSPS) is 17.4. The number of nitrogens with zero attached hydrogens (tertiary/aromatic N) is 3. The molecule has 0 N–H and O–H groups in total. The van der Waals surface area contributed by atoms with Crippen LogP contribution in [0.3, 0.4) is 0 Å². The fourth-order valence-corrected chi connectivity index (χ4v) is 4.20. The summed E-state index contributed by atoms with van der Waals surface area (Å²) in [4.78, 5) is 3.47. The van der Waals surface area contributed by atoms with Crippen molar-refractivity contribution in [3.8, 4) is 0 Å². The van der Waals surface area contributed by atoms with Gasteiger partial charge in [-0.1, -0.05) is 11.6 Å². The molecule has 0 atom stereocenters. The summed E-state index contributed by atoms with van der Waals surface area (Å²) < 4.78 is 50.4. The van der Waals surface area contributed by atoms with Crippen molar-refractivity contribution >= 4 is 43.7 Å².